The van der Waals surface area contributed by atoms with Gasteiger partial charge in [-0.1, -0.05) is 37.3 Å². The minimum absolute atomic E-state index is 0.0745. The monoisotopic (exact) mass is 412 g/mol. The number of hydrogen-bond donors (Lipinski definition) is 1. The van der Waals surface area contributed by atoms with E-state index in [1.165, 1.54) is 0 Å². The smallest absolute Gasteiger partial charge is 0.240 e. The van der Waals surface area contributed by atoms with Crippen LogP contribution in [0.5, 0.6) is 0 Å². The maximum Gasteiger partial charge on any atom is 0.240 e. The van der Waals surface area contributed by atoms with Gasteiger partial charge >= 0.3 is 0 Å². The van der Waals surface area contributed by atoms with Gasteiger partial charge in [0.25, 0.3) is 0 Å². The number of hydrogen-bond acceptors (Lipinski definition) is 3. The lowest BCUT2D eigenvalue weighted by Gasteiger charge is -2.23. The number of benzene rings is 2. The van der Waals surface area contributed by atoms with Gasteiger partial charge in [-0.25, -0.2) is 13.1 Å². The molecule has 2 aromatic rings. The zero-order valence-corrected chi connectivity index (χ0v) is 17.8. The normalized spacial score (nSPS) is 19.8. The van der Waals surface area contributed by atoms with E-state index in [4.69, 9.17) is 0 Å². The van der Waals surface area contributed by atoms with Gasteiger partial charge in [0.05, 0.1) is 4.90 Å². The highest BCUT2D eigenvalue weighted by Gasteiger charge is 2.39. The van der Waals surface area contributed by atoms with Crippen LogP contribution in [0.15, 0.2) is 53.4 Å². The largest absolute Gasteiger partial charge is 0.309 e. The Kier molecular flexibility index (Phi) is 5.49. The summed E-state index contributed by atoms with van der Waals surface area (Å²) in [7, 11) is -3.63. The summed E-state index contributed by atoms with van der Waals surface area (Å²) in [6, 6.07) is 15.0. The van der Waals surface area contributed by atoms with Gasteiger partial charge in [0.1, 0.15) is 0 Å². The van der Waals surface area contributed by atoms with Crippen LogP contribution in [0.4, 0.5) is 5.69 Å². The molecule has 2 aliphatic rings. The van der Waals surface area contributed by atoms with Crippen molar-refractivity contribution in [1.29, 1.82) is 0 Å². The maximum atomic E-state index is 13.0. The molecule has 1 aliphatic heterocycles. The third-order valence-corrected chi connectivity index (χ3v) is 7.40. The highest BCUT2D eigenvalue weighted by Crippen LogP contribution is 2.39. The van der Waals surface area contributed by atoms with E-state index < -0.39 is 10.0 Å². The van der Waals surface area contributed by atoms with E-state index >= 15 is 0 Å². The zero-order valence-electron chi connectivity index (χ0n) is 17.0. The van der Waals surface area contributed by atoms with E-state index in [0.717, 1.165) is 29.7 Å². The summed E-state index contributed by atoms with van der Waals surface area (Å²) < 4.78 is 28.9. The summed E-state index contributed by atoms with van der Waals surface area (Å²) in [4.78, 5) is 14.8. The van der Waals surface area contributed by atoms with Gasteiger partial charge in [-0.2, -0.15) is 0 Å². The molecule has 5 nitrogen and oxygen atoms in total. The van der Waals surface area contributed by atoms with Crippen molar-refractivity contribution < 1.29 is 13.2 Å². The van der Waals surface area contributed by atoms with Crippen LogP contribution in [0.1, 0.15) is 44.2 Å². The standard InChI is InChI=1S/C23H28N2O3S/c1-3-20(14-17-7-5-4-6-8-17)24-29(27,28)21-11-12-22-19(15-21)13-16(2)25(22)23(26)18-9-10-18/h4-8,11-12,15-16,18,20,24H,3,9-10,13-14H2,1-2H3/t16-,20-/m1/s1. The van der Waals surface area contributed by atoms with Crippen molar-refractivity contribution in [3.05, 3.63) is 59.7 Å². The molecule has 1 fully saturated rings. The summed E-state index contributed by atoms with van der Waals surface area (Å²) in [6.07, 6.45) is 3.99. The SMILES string of the molecule is CC[C@H](Cc1ccccc1)NS(=O)(=O)c1ccc2c(c1)C[C@@H](C)N2C(=O)C1CC1. The van der Waals surface area contributed by atoms with Crippen molar-refractivity contribution in [2.24, 2.45) is 5.92 Å². The fourth-order valence-electron chi connectivity index (χ4n) is 4.09. The Bertz CT molecular complexity index is 1000. The molecule has 1 amide bonds. The van der Waals surface area contributed by atoms with Crippen LogP contribution in [0.3, 0.4) is 0 Å². The Morgan fingerprint density at radius 3 is 2.55 bits per heavy atom. The molecule has 0 saturated heterocycles. The second-order valence-corrected chi connectivity index (χ2v) is 9.96. The summed E-state index contributed by atoms with van der Waals surface area (Å²) in [5.41, 5.74) is 2.91. The topological polar surface area (TPSA) is 66.5 Å². The quantitative estimate of drug-likeness (QED) is 0.754. The van der Waals surface area contributed by atoms with Gasteiger partial charge in [0, 0.05) is 23.7 Å². The van der Waals surface area contributed by atoms with E-state index in [9.17, 15) is 13.2 Å². The fourth-order valence-corrected chi connectivity index (χ4v) is 5.46. The summed E-state index contributed by atoms with van der Waals surface area (Å²) in [6.45, 7) is 4.02. The van der Waals surface area contributed by atoms with Gasteiger partial charge < -0.3 is 4.90 Å². The molecule has 0 bridgehead atoms. The average molecular weight is 413 g/mol. The molecule has 4 rings (SSSR count). The molecule has 0 spiro atoms. The lowest BCUT2D eigenvalue weighted by atomic mass is 10.1. The minimum atomic E-state index is -3.63. The van der Waals surface area contributed by atoms with Crippen molar-refractivity contribution in [3.63, 3.8) is 0 Å². The second-order valence-electron chi connectivity index (χ2n) is 8.24. The predicted molar refractivity (Wildman–Crippen MR) is 114 cm³/mol. The van der Waals surface area contributed by atoms with Crippen LogP contribution < -0.4 is 9.62 Å². The molecule has 0 unspecified atom stereocenters. The molecule has 0 radical (unpaired) electrons. The molecule has 6 heteroatoms. The summed E-state index contributed by atoms with van der Waals surface area (Å²) >= 11 is 0. The highest BCUT2D eigenvalue weighted by atomic mass is 32.2. The molecular formula is C23H28N2O3S. The van der Waals surface area contributed by atoms with Crippen LogP contribution in [-0.4, -0.2) is 26.4 Å². The van der Waals surface area contributed by atoms with Crippen LogP contribution >= 0.6 is 0 Å². The number of carbonyl (C=O) groups excluding carboxylic acids is 1. The number of amides is 1. The zero-order chi connectivity index (χ0) is 20.6. The fraction of sp³-hybridized carbons (Fsp3) is 0.435. The van der Waals surface area contributed by atoms with E-state index in [1.54, 1.807) is 18.2 Å². The van der Waals surface area contributed by atoms with Crippen molar-refractivity contribution in [3.8, 4) is 0 Å². The lowest BCUT2D eigenvalue weighted by Crippen LogP contribution is -2.36. The Morgan fingerprint density at radius 2 is 1.90 bits per heavy atom. The number of fused-ring (bicyclic) bond motifs is 1. The van der Waals surface area contributed by atoms with Crippen molar-refractivity contribution in [2.45, 2.75) is 62.9 Å². The van der Waals surface area contributed by atoms with Crippen LogP contribution in [0.2, 0.25) is 0 Å². The number of anilines is 1. The van der Waals surface area contributed by atoms with Gasteiger partial charge in [-0.05, 0) is 68.4 Å². The Balaban J connectivity index is 1.53. The predicted octanol–water partition coefficient (Wildman–Crippen LogP) is 3.67. The number of rotatable bonds is 7. The molecular weight excluding hydrogens is 384 g/mol. The molecule has 2 aromatic carbocycles. The van der Waals surface area contributed by atoms with Crippen molar-refractivity contribution >= 4 is 21.6 Å². The number of sulfonamides is 1. The number of nitrogens with one attached hydrogen (secondary N) is 1. The third kappa shape index (κ3) is 4.23. The number of nitrogens with zero attached hydrogens (tertiary/aromatic N) is 1. The van der Waals surface area contributed by atoms with E-state index in [0.29, 0.717) is 19.3 Å². The number of carbonyl (C=O) groups is 1. The Morgan fingerprint density at radius 1 is 1.17 bits per heavy atom. The molecule has 154 valence electrons. The first-order chi connectivity index (χ1) is 13.9. The lowest BCUT2D eigenvalue weighted by molar-refractivity contribution is -0.120. The van der Waals surface area contributed by atoms with E-state index in [2.05, 4.69) is 4.72 Å². The van der Waals surface area contributed by atoms with E-state index in [-0.39, 0.29) is 28.8 Å². The highest BCUT2D eigenvalue weighted by molar-refractivity contribution is 7.89. The maximum absolute atomic E-state index is 13.0. The first kappa shape index (κ1) is 20.1. The Hall–Kier alpha value is -2.18. The van der Waals surface area contributed by atoms with Gasteiger partial charge in [0.15, 0.2) is 0 Å². The van der Waals surface area contributed by atoms with E-state index in [1.807, 2.05) is 49.1 Å². The third-order valence-electron chi connectivity index (χ3n) is 5.88. The van der Waals surface area contributed by atoms with Crippen LogP contribution in [0, 0.1) is 5.92 Å². The van der Waals surface area contributed by atoms with Gasteiger partial charge in [-0.3, -0.25) is 4.79 Å². The van der Waals surface area contributed by atoms with Crippen LogP contribution in [0.25, 0.3) is 0 Å². The Labute approximate surface area is 173 Å². The molecule has 29 heavy (non-hydrogen) atoms. The van der Waals surface area contributed by atoms with Crippen LogP contribution in [-0.2, 0) is 27.7 Å². The molecule has 1 aliphatic carbocycles. The molecule has 1 heterocycles. The first-order valence-corrected chi connectivity index (χ1v) is 11.9. The molecule has 1 saturated carbocycles. The van der Waals surface area contributed by atoms with Gasteiger partial charge in [-0.15, -0.1) is 0 Å². The average Bonchev–Trinajstić information content (AvgIpc) is 3.49. The molecule has 2 atom stereocenters. The van der Waals surface area contributed by atoms with Crippen molar-refractivity contribution in [1.82, 2.24) is 4.72 Å². The molecule has 1 N–H and O–H groups in total. The summed E-state index contributed by atoms with van der Waals surface area (Å²) in [5.74, 6) is 0.329. The minimum Gasteiger partial charge on any atom is -0.309 e. The first-order valence-electron chi connectivity index (χ1n) is 10.4. The summed E-state index contributed by atoms with van der Waals surface area (Å²) in [5, 5.41) is 0. The molecule has 0 aromatic heterocycles. The van der Waals surface area contributed by atoms with Gasteiger partial charge in [0.2, 0.25) is 15.9 Å². The van der Waals surface area contributed by atoms with Crippen molar-refractivity contribution in [2.75, 3.05) is 4.90 Å². The second kappa shape index (κ2) is 7.92.